The molecule has 0 bridgehead atoms. The average Bonchev–Trinajstić information content (AvgIpc) is 2.64. The summed E-state index contributed by atoms with van der Waals surface area (Å²) in [6.45, 7) is 6.79. The minimum Gasteiger partial charge on any atom is -0.492 e. The van der Waals surface area contributed by atoms with Gasteiger partial charge in [0, 0.05) is 12.0 Å². The number of carbonyl (C=O) groups excluding carboxylic acids is 1. The molecule has 1 N–H and O–H groups in total. The lowest BCUT2D eigenvalue weighted by atomic mass is 9.78. The number of carbonyl (C=O) groups is 1. The van der Waals surface area contributed by atoms with E-state index >= 15 is 0 Å². The first-order valence-corrected chi connectivity index (χ1v) is 7.43. The number of amides is 1. The summed E-state index contributed by atoms with van der Waals surface area (Å²) >= 11 is 0. The fourth-order valence-electron chi connectivity index (χ4n) is 2.59. The Kier molecular flexibility index (Phi) is 4.01. The summed E-state index contributed by atoms with van der Waals surface area (Å²) in [6.07, 6.45) is -0.726. The lowest BCUT2D eigenvalue weighted by Gasteiger charge is -2.21. The number of nitrogens with one attached hydrogen (secondary N) is 1. The number of hydrogen-bond donors (Lipinski definition) is 1. The Balaban J connectivity index is 1.69. The van der Waals surface area contributed by atoms with Gasteiger partial charge in [-0.3, -0.25) is 0 Å². The van der Waals surface area contributed by atoms with Crippen molar-refractivity contribution in [2.75, 3.05) is 19.8 Å². The van der Waals surface area contributed by atoms with Gasteiger partial charge in [0.2, 0.25) is 0 Å². The first kappa shape index (κ1) is 15.2. The molecule has 1 aromatic carbocycles. The molecule has 0 fully saturated rings. The van der Waals surface area contributed by atoms with Crippen molar-refractivity contribution in [3.63, 3.8) is 0 Å². The highest BCUT2D eigenvalue weighted by atomic mass is 16.6. The summed E-state index contributed by atoms with van der Waals surface area (Å²) in [6, 6.07) is 5.80. The SMILES string of the molecule is CC(C)(C)OC(=O)NCC1OB2OCCOc3cccc1c32. The van der Waals surface area contributed by atoms with Gasteiger partial charge < -0.3 is 24.1 Å². The monoisotopic (exact) mass is 305 g/mol. The van der Waals surface area contributed by atoms with E-state index in [0.29, 0.717) is 19.8 Å². The summed E-state index contributed by atoms with van der Waals surface area (Å²) in [4.78, 5) is 11.8. The van der Waals surface area contributed by atoms with Crippen LogP contribution in [-0.4, -0.2) is 38.6 Å². The van der Waals surface area contributed by atoms with Crippen molar-refractivity contribution in [3.8, 4) is 5.75 Å². The highest BCUT2D eigenvalue weighted by molar-refractivity contribution is 6.64. The molecule has 0 saturated heterocycles. The molecular formula is C15H20BNO5. The summed E-state index contributed by atoms with van der Waals surface area (Å²) in [5.74, 6) is 0.791. The van der Waals surface area contributed by atoms with Crippen LogP contribution >= 0.6 is 0 Å². The molecule has 0 radical (unpaired) electrons. The molecule has 0 saturated carbocycles. The third-order valence-corrected chi connectivity index (χ3v) is 3.41. The van der Waals surface area contributed by atoms with E-state index in [0.717, 1.165) is 16.8 Å². The molecule has 1 atom stereocenters. The van der Waals surface area contributed by atoms with Gasteiger partial charge in [-0.15, -0.1) is 0 Å². The van der Waals surface area contributed by atoms with E-state index in [2.05, 4.69) is 5.32 Å². The van der Waals surface area contributed by atoms with Gasteiger partial charge >= 0.3 is 13.2 Å². The molecule has 118 valence electrons. The van der Waals surface area contributed by atoms with Crippen molar-refractivity contribution in [1.82, 2.24) is 5.32 Å². The largest absolute Gasteiger partial charge is 0.498 e. The van der Waals surface area contributed by atoms with Crippen LogP contribution < -0.4 is 15.5 Å². The predicted molar refractivity (Wildman–Crippen MR) is 81.3 cm³/mol. The van der Waals surface area contributed by atoms with Crippen molar-refractivity contribution < 1.29 is 23.6 Å². The van der Waals surface area contributed by atoms with Crippen LogP contribution in [0.4, 0.5) is 4.79 Å². The lowest BCUT2D eigenvalue weighted by molar-refractivity contribution is 0.0494. The number of benzene rings is 1. The first-order chi connectivity index (χ1) is 10.4. The third-order valence-electron chi connectivity index (χ3n) is 3.41. The maximum atomic E-state index is 11.8. The number of ether oxygens (including phenoxy) is 2. The Labute approximate surface area is 130 Å². The van der Waals surface area contributed by atoms with Crippen LogP contribution in [0.5, 0.6) is 5.75 Å². The standard InChI is InChI=1S/C15H20BNO5/c1-15(2,3)21-14(18)17-9-12-10-5-4-6-11-13(10)16(22-12)20-8-7-19-11/h4-6,12H,7-9H2,1-3H3,(H,17,18). The maximum absolute atomic E-state index is 11.8. The van der Waals surface area contributed by atoms with Crippen LogP contribution in [0.25, 0.3) is 0 Å². The third kappa shape index (κ3) is 3.20. The number of alkyl carbamates (subject to hydrolysis) is 1. The molecule has 2 aliphatic rings. The molecule has 22 heavy (non-hydrogen) atoms. The van der Waals surface area contributed by atoms with Gasteiger partial charge in [0.1, 0.15) is 18.0 Å². The van der Waals surface area contributed by atoms with Gasteiger partial charge in [-0.1, -0.05) is 12.1 Å². The smallest absolute Gasteiger partial charge is 0.492 e. The van der Waals surface area contributed by atoms with Crippen LogP contribution in [0.15, 0.2) is 18.2 Å². The summed E-state index contributed by atoms with van der Waals surface area (Å²) in [5.41, 5.74) is 1.39. The Morgan fingerprint density at radius 1 is 1.41 bits per heavy atom. The molecule has 6 nitrogen and oxygen atoms in total. The molecule has 1 aromatic rings. The predicted octanol–water partition coefficient (Wildman–Crippen LogP) is 1.39. The molecule has 1 unspecified atom stereocenters. The van der Waals surface area contributed by atoms with Gasteiger partial charge in [-0.2, -0.15) is 0 Å². The van der Waals surface area contributed by atoms with Crippen molar-refractivity contribution in [2.45, 2.75) is 32.5 Å². The lowest BCUT2D eigenvalue weighted by Crippen LogP contribution is -2.35. The van der Waals surface area contributed by atoms with Gasteiger partial charge in [-0.05, 0) is 32.4 Å². The molecule has 0 spiro atoms. The Bertz CT molecular complexity index is 572. The van der Waals surface area contributed by atoms with E-state index in [1.807, 2.05) is 39.0 Å². The Morgan fingerprint density at radius 3 is 3.00 bits per heavy atom. The van der Waals surface area contributed by atoms with Crippen LogP contribution in [-0.2, 0) is 14.0 Å². The van der Waals surface area contributed by atoms with E-state index in [1.54, 1.807) is 0 Å². The van der Waals surface area contributed by atoms with Gasteiger partial charge in [-0.25, -0.2) is 4.79 Å². The van der Waals surface area contributed by atoms with Crippen molar-refractivity contribution in [3.05, 3.63) is 23.8 Å². The average molecular weight is 305 g/mol. The fraction of sp³-hybridized carbons (Fsp3) is 0.533. The second-order valence-corrected chi connectivity index (χ2v) is 6.32. The molecule has 2 aliphatic heterocycles. The maximum Gasteiger partial charge on any atom is 0.498 e. The normalized spacial score (nSPS) is 20.0. The minimum absolute atomic E-state index is 0.269. The molecule has 7 heteroatoms. The molecular weight excluding hydrogens is 285 g/mol. The topological polar surface area (TPSA) is 66.0 Å². The second-order valence-electron chi connectivity index (χ2n) is 6.32. The zero-order chi connectivity index (χ0) is 15.7. The van der Waals surface area contributed by atoms with Crippen molar-refractivity contribution in [2.24, 2.45) is 0 Å². The van der Waals surface area contributed by atoms with E-state index in [9.17, 15) is 4.79 Å². The summed E-state index contributed by atoms with van der Waals surface area (Å²) in [7, 11) is -0.431. The molecule has 1 amide bonds. The molecule has 3 rings (SSSR count). The number of rotatable bonds is 2. The van der Waals surface area contributed by atoms with Crippen molar-refractivity contribution in [1.29, 1.82) is 0 Å². The molecule has 0 aliphatic carbocycles. The minimum atomic E-state index is -0.522. The van der Waals surface area contributed by atoms with Crippen LogP contribution in [0.1, 0.15) is 32.4 Å². The summed E-state index contributed by atoms with van der Waals surface area (Å²) in [5, 5.41) is 2.74. The molecule has 2 heterocycles. The highest BCUT2D eigenvalue weighted by Gasteiger charge is 2.41. The van der Waals surface area contributed by atoms with E-state index in [-0.39, 0.29) is 6.10 Å². The van der Waals surface area contributed by atoms with E-state index < -0.39 is 18.8 Å². The fourth-order valence-corrected chi connectivity index (χ4v) is 2.59. The van der Waals surface area contributed by atoms with Crippen molar-refractivity contribution >= 4 is 18.7 Å². The molecule has 0 aromatic heterocycles. The van der Waals surface area contributed by atoms with Gasteiger partial charge in [0.25, 0.3) is 0 Å². The quantitative estimate of drug-likeness (QED) is 0.836. The van der Waals surface area contributed by atoms with Gasteiger partial charge in [0.05, 0.1) is 12.7 Å². The van der Waals surface area contributed by atoms with E-state index in [4.69, 9.17) is 18.8 Å². The summed E-state index contributed by atoms with van der Waals surface area (Å²) < 4.78 is 22.5. The second kappa shape index (κ2) is 5.81. The zero-order valence-electron chi connectivity index (χ0n) is 13.0. The Morgan fingerprint density at radius 2 is 2.23 bits per heavy atom. The zero-order valence-corrected chi connectivity index (χ0v) is 13.0. The van der Waals surface area contributed by atoms with Crippen LogP contribution in [0, 0.1) is 0 Å². The Hall–Kier alpha value is -1.73. The van der Waals surface area contributed by atoms with Crippen LogP contribution in [0.2, 0.25) is 0 Å². The highest BCUT2D eigenvalue weighted by Crippen LogP contribution is 2.29. The van der Waals surface area contributed by atoms with Gasteiger partial charge in [0.15, 0.2) is 0 Å². The van der Waals surface area contributed by atoms with Crippen LogP contribution in [0.3, 0.4) is 0 Å². The number of hydrogen-bond acceptors (Lipinski definition) is 5. The first-order valence-electron chi connectivity index (χ1n) is 7.43. The van der Waals surface area contributed by atoms with E-state index in [1.165, 1.54) is 0 Å².